The number of tetrazole rings is 1. The molecule has 0 fully saturated rings. The maximum absolute atomic E-state index is 13.0. The topological polar surface area (TPSA) is 107 Å². The first-order valence-corrected chi connectivity index (χ1v) is 11.6. The summed E-state index contributed by atoms with van der Waals surface area (Å²) in [4.78, 5) is 18.1. The van der Waals surface area contributed by atoms with Crippen molar-refractivity contribution in [3.8, 4) is 11.5 Å². The number of pyridine rings is 1. The Bertz CT molecular complexity index is 1380. The molecule has 0 radical (unpaired) electrons. The zero-order valence-electron chi connectivity index (χ0n) is 19.9. The number of aromatic amines is 1. The predicted octanol–water partition coefficient (Wildman–Crippen LogP) is 2.65. The molecule has 0 unspecified atom stereocenters. The Labute approximate surface area is 202 Å². The van der Waals surface area contributed by atoms with Crippen LogP contribution in [0.15, 0.2) is 47.3 Å². The van der Waals surface area contributed by atoms with Crippen LogP contribution in [0.25, 0.3) is 10.9 Å². The van der Waals surface area contributed by atoms with E-state index in [1.54, 1.807) is 11.8 Å². The SMILES string of the molecule is CCc1ccc2[nH]c(=O)c(CN(Cc3ccc4c(c3)OCO4)Cc3nnnn3CCOC)cc2c1. The van der Waals surface area contributed by atoms with Crippen LogP contribution in [0, 0.1) is 0 Å². The summed E-state index contributed by atoms with van der Waals surface area (Å²) in [6, 6.07) is 14.0. The molecule has 0 aliphatic carbocycles. The minimum absolute atomic E-state index is 0.101. The third-order valence-electron chi connectivity index (χ3n) is 6.11. The zero-order chi connectivity index (χ0) is 24.2. The number of methoxy groups -OCH3 is 1. The van der Waals surface area contributed by atoms with Crippen molar-refractivity contribution in [2.45, 2.75) is 39.5 Å². The van der Waals surface area contributed by atoms with Crippen molar-refractivity contribution in [2.24, 2.45) is 0 Å². The molecular formula is C25H28N6O4. The van der Waals surface area contributed by atoms with Gasteiger partial charge in [0, 0.05) is 31.3 Å². The van der Waals surface area contributed by atoms with Crippen molar-refractivity contribution in [1.82, 2.24) is 30.1 Å². The Morgan fingerprint density at radius 1 is 1.06 bits per heavy atom. The van der Waals surface area contributed by atoms with Gasteiger partial charge in [0.25, 0.3) is 5.56 Å². The van der Waals surface area contributed by atoms with Gasteiger partial charge >= 0.3 is 0 Å². The number of aryl methyl sites for hydroxylation is 1. The lowest BCUT2D eigenvalue weighted by molar-refractivity contribution is 0.173. The van der Waals surface area contributed by atoms with E-state index in [-0.39, 0.29) is 12.4 Å². The van der Waals surface area contributed by atoms with Crippen LogP contribution in [0.3, 0.4) is 0 Å². The van der Waals surface area contributed by atoms with Gasteiger partial charge in [-0.05, 0) is 63.7 Å². The van der Waals surface area contributed by atoms with Crippen molar-refractivity contribution in [3.63, 3.8) is 0 Å². The molecule has 0 bridgehead atoms. The summed E-state index contributed by atoms with van der Waals surface area (Å²) >= 11 is 0. The highest BCUT2D eigenvalue weighted by atomic mass is 16.7. The Balaban J connectivity index is 1.45. The van der Waals surface area contributed by atoms with Crippen LogP contribution in [-0.4, -0.2) is 50.6 Å². The quantitative estimate of drug-likeness (QED) is 0.372. The van der Waals surface area contributed by atoms with Crippen molar-refractivity contribution < 1.29 is 14.2 Å². The first-order valence-electron chi connectivity index (χ1n) is 11.6. The van der Waals surface area contributed by atoms with E-state index in [1.807, 2.05) is 36.4 Å². The van der Waals surface area contributed by atoms with E-state index in [2.05, 4.69) is 38.4 Å². The van der Waals surface area contributed by atoms with E-state index in [0.717, 1.165) is 34.4 Å². The second kappa shape index (κ2) is 10.2. The van der Waals surface area contributed by atoms with Crippen LogP contribution >= 0.6 is 0 Å². The highest BCUT2D eigenvalue weighted by Gasteiger charge is 2.18. The fourth-order valence-corrected chi connectivity index (χ4v) is 4.23. The molecule has 0 atom stereocenters. The van der Waals surface area contributed by atoms with E-state index in [9.17, 15) is 4.79 Å². The second-order valence-electron chi connectivity index (χ2n) is 8.54. The number of nitrogens with zero attached hydrogens (tertiary/aromatic N) is 5. The summed E-state index contributed by atoms with van der Waals surface area (Å²) in [6.07, 6.45) is 0.935. The molecule has 2 aromatic heterocycles. The van der Waals surface area contributed by atoms with Crippen LogP contribution in [0.5, 0.6) is 11.5 Å². The van der Waals surface area contributed by atoms with Crippen molar-refractivity contribution in [2.75, 3.05) is 20.5 Å². The second-order valence-corrected chi connectivity index (χ2v) is 8.54. The van der Waals surface area contributed by atoms with Crippen LogP contribution in [0.4, 0.5) is 0 Å². The Morgan fingerprint density at radius 3 is 2.77 bits per heavy atom. The smallest absolute Gasteiger partial charge is 0.252 e. The molecular weight excluding hydrogens is 448 g/mol. The van der Waals surface area contributed by atoms with E-state index >= 15 is 0 Å². The maximum Gasteiger partial charge on any atom is 0.252 e. The van der Waals surface area contributed by atoms with Crippen LogP contribution in [0.1, 0.15) is 29.4 Å². The van der Waals surface area contributed by atoms with E-state index < -0.39 is 0 Å². The standard InChI is InChI=1S/C25H28N6O4/c1-3-17-4-6-21-19(10-17)12-20(25(32)26-21)14-30(15-24-27-28-29-31(24)8-9-33-2)13-18-5-7-22-23(11-18)35-16-34-22/h4-7,10-12H,3,8-9,13-16H2,1-2H3,(H,26,32). The molecule has 1 N–H and O–H groups in total. The van der Waals surface area contributed by atoms with Gasteiger partial charge in [-0.3, -0.25) is 9.69 Å². The van der Waals surface area contributed by atoms with Gasteiger partial charge in [-0.25, -0.2) is 4.68 Å². The fourth-order valence-electron chi connectivity index (χ4n) is 4.23. The first kappa shape index (κ1) is 23.0. The average molecular weight is 477 g/mol. The number of rotatable bonds is 10. The molecule has 0 spiro atoms. The maximum atomic E-state index is 13.0. The van der Waals surface area contributed by atoms with Gasteiger partial charge in [0.05, 0.1) is 19.7 Å². The van der Waals surface area contributed by atoms with Gasteiger partial charge in [0.2, 0.25) is 6.79 Å². The number of H-pyrrole nitrogens is 1. The molecule has 10 nitrogen and oxygen atoms in total. The van der Waals surface area contributed by atoms with E-state index in [1.165, 1.54) is 5.56 Å². The van der Waals surface area contributed by atoms with Crippen molar-refractivity contribution in [1.29, 1.82) is 0 Å². The monoisotopic (exact) mass is 476 g/mol. The van der Waals surface area contributed by atoms with Crippen molar-refractivity contribution in [3.05, 3.63) is 75.3 Å². The molecule has 35 heavy (non-hydrogen) atoms. The minimum atomic E-state index is -0.101. The van der Waals surface area contributed by atoms with Gasteiger partial charge in [0.1, 0.15) is 0 Å². The van der Waals surface area contributed by atoms with Gasteiger partial charge in [-0.15, -0.1) is 5.10 Å². The molecule has 3 heterocycles. The van der Waals surface area contributed by atoms with E-state index in [4.69, 9.17) is 14.2 Å². The molecule has 0 saturated heterocycles. The number of ether oxygens (including phenoxy) is 3. The number of fused-ring (bicyclic) bond motifs is 2. The molecule has 0 amide bonds. The Morgan fingerprint density at radius 2 is 1.91 bits per heavy atom. The number of hydrogen-bond acceptors (Lipinski definition) is 8. The molecule has 182 valence electrons. The summed E-state index contributed by atoms with van der Waals surface area (Å²) in [6.45, 7) is 4.85. The number of nitrogens with one attached hydrogen (secondary N) is 1. The van der Waals surface area contributed by atoms with Crippen molar-refractivity contribution >= 4 is 10.9 Å². The normalized spacial score (nSPS) is 12.7. The number of aromatic nitrogens is 5. The number of benzene rings is 2. The molecule has 0 saturated carbocycles. The van der Waals surface area contributed by atoms with Crippen LogP contribution in [-0.2, 0) is 37.3 Å². The lowest BCUT2D eigenvalue weighted by Gasteiger charge is -2.22. The lowest BCUT2D eigenvalue weighted by Crippen LogP contribution is -2.28. The summed E-state index contributed by atoms with van der Waals surface area (Å²) < 4.78 is 17.9. The molecule has 2 aromatic carbocycles. The molecule has 1 aliphatic rings. The lowest BCUT2D eigenvalue weighted by atomic mass is 10.1. The molecule has 10 heteroatoms. The van der Waals surface area contributed by atoms with Crippen LogP contribution in [0.2, 0.25) is 0 Å². The Kier molecular flexibility index (Phi) is 6.73. The van der Waals surface area contributed by atoms with Crippen LogP contribution < -0.4 is 15.0 Å². The highest BCUT2D eigenvalue weighted by Crippen LogP contribution is 2.33. The third-order valence-corrected chi connectivity index (χ3v) is 6.11. The largest absolute Gasteiger partial charge is 0.454 e. The van der Waals surface area contributed by atoms with Gasteiger partial charge < -0.3 is 19.2 Å². The minimum Gasteiger partial charge on any atom is -0.454 e. The number of hydrogen-bond donors (Lipinski definition) is 1. The molecule has 4 aromatic rings. The summed E-state index contributed by atoms with van der Waals surface area (Å²) in [5.74, 6) is 2.16. The highest BCUT2D eigenvalue weighted by molar-refractivity contribution is 5.79. The molecule has 1 aliphatic heterocycles. The fraction of sp³-hybridized carbons (Fsp3) is 0.360. The summed E-state index contributed by atoms with van der Waals surface area (Å²) in [7, 11) is 1.64. The Hall–Kier alpha value is -3.76. The van der Waals surface area contributed by atoms with Gasteiger partial charge in [0.15, 0.2) is 17.3 Å². The zero-order valence-corrected chi connectivity index (χ0v) is 19.9. The summed E-state index contributed by atoms with van der Waals surface area (Å²) in [5, 5.41) is 13.2. The van der Waals surface area contributed by atoms with Gasteiger partial charge in [-0.1, -0.05) is 19.1 Å². The molecule has 5 rings (SSSR count). The summed E-state index contributed by atoms with van der Waals surface area (Å²) in [5.41, 5.74) is 3.68. The third kappa shape index (κ3) is 5.18. The van der Waals surface area contributed by atoms with Gasteiger partial charge in [-0.2, -0.15) is 0 Å². The predicted molar refractivity (Wildman–Crippen MR) is 129 cm³/mol. The van der Waals surface area contributed by atoms with E-state index in [0.29, 0.717) is 44.2 Å². The first-order chi connectivity index (χ1) is 17.1. The average Bonchev–Trinajstić information content (AvgIpc) is 3.51.